The summed E-state index contributed by atoms with van der Waals surface area (Å²) < 4.78 is 5.79. The lowest BCUT2D eigenvalue weighted by atomic mass is 10.1. The van der Waals surface area contributed by atoms with Crippen molar-refractivity contribution in [2.24, 2.45) is 5.73 Å². The number of benzene rings is 1. The molecule has 0 aliphatic carbocycles. The molecule has 0 amide bonds. The fourth-order valence-corrected chi connectivity index (χ4v) is 2.67. The van der Waals surface area contributed by atoms with E-state index in [-0.39, 0.29) is 0 Å². The molecule has 0 bridgehead atoms. The van der Waals surface area contributed by atoms with Gasteiger partial charge in [-0.2, -0.15) is 0 Å². The molecule has 19 heavy (non-hydrogen) atoms. The summed E-state index contributed by atoms with van der Waals surface area (Å²) in [4.78, 5) is 5.91. The first-order valence-electron chi connectivity index (χ1n) is 6.00. The molecule has 0 spiro atoms. The third kappa shape index (κ3) is 3.52. The van der Waals surface area contributed by atoms with Crippen molar-refractivity contribution in [1.82, 2.24) is 4.98 Å². The SMILES string of the molecule is Cc1cc(C(N)=S)ccc1OCCc1scnc1C. The zero-order valence-electron chi connectivity index (χ0n) is 11.0. The van der Waals surface area contributed by atoms with E-state index >= 15 is 0 Å². The van der Waals surface area contributed by atoms with Gasteiger partial charge < -0.3 is 10.5 Å². The first-order valence-corrected chi connectivity index (χ1v) is 7.29. The Morgan fingerprint density at radius 1 is 1.42 bits per heavy atom. The Kier molecular flexibility index (Phi) is 4.50. The molecule has 1 aromatic heterocycles. The van der Waals surface area contributed by atoms with Gasteiger partial charge in [0.1, 0.15) is 10.7 Å². The van der Waals surface area contributed by atoms with Crippen molar-refractivity contribution in [3.63, 3.8) is 0 Å². The Bertz CT molecular complexity index is 593. The minimum absolute atomic E-state index is 0.412. The summed E-state index contributed by atoms with van der Waals surface area (Å²) in [6, 6.07) is 5.77. The summed E-state index contributed by atoms with van der Waals surface area (Å²) in [5, 5.41) is 0. The molecule has 1 aromatic carbocycles. The number of thiazole rings is 1. The van der Waals surface area contributed by atoms with Crippen LogP contribution in [0.15, 0.2) is 23.7 Å². The highest BCUT2D eigenvalue weighted by atomic mass is 32.1. The van der Waals surface area contributed by atoms with E-state index in [0.29, 0.717) is 11.6 Å². The van der Waals surface area contributed by atoms with Gasteiger partial charge in [0, 0.05) is 16.9 Å². The Balaban J connectivity index is 1.96. The van der Waals surface area contributed by atoms with Crippen LogP contribution in [0.1, 0.15) is 21.7 Å². The minimum Gasteiger partial charge on any atom is -0.493 e. The zero-order valence-corrected chi connectivity index (χ0v) is 12.6. The minimum atomic E-state index is 0.412. The molecule has 0 aliphatic heterocycles. The summed E-state index contributed by atoms with van der Waals surface area (Å²) in [5.41, 5.74) is 10.5. The normalized spacial score (nSPS) is 10.4. The predicted molar refractivity (Wildman–Crippen MR) is 83.1 cm³/mol. The van der Waals surface area contributed by atoms with Crippen molar-refractivity contribution < 1.29 is 4.74 Å². The predicted octanol–water partition coefficient (Wildman–Crippen LogP) is 3.02. The number of thiocarbonyl (C=S) groups is 1. The third-order valence-corrected chi connectivity index (χ3v) is 4.12. The number of hydrogen-bond acceptors (Lipinski definition) is 4. The van der Waals surface area contributed by atoms with Crippen molar-refractivity contribution in [1.29, 1.82) is 0 Å². The Hall–Kier alpha value is -1.46. The van der Waals surface area contributed by atoms with Gasteiger partial charge in [-0.1, -0.05) is 12.2 Å². The first kappa shape index (κ1) is 14.0. The molecule has 2 aromatic rings. The topological polar surface area (TPSA) is 48.1 Å². The molecule has 0 unspecified atom stereocenters. The van der Waals surface area contributed by atoms with Gasteiger partial charge in [0.25, 0.3) is 0 Å². The molecule has 0 aliphatic rings. The third-order valence-electron chi connectivity index (χ3n) is 2.89. The zero-order chi connectivity index (χ0) is 13.8. The standard InChI is InChI=1S/C14H16N2OS2/c1-9-7-11(14(15)18)3-4-12(9)17-6-5-13-10(2)16-8-19-13/h3-4,7-8H,5-6H2,1-2H3,(H2,15,18). The number of ether oxygens (including phenoxy) is 1. The fourth-order valence-electron chi connectivity index (χ4n) is 1.78. The van der Waals surface area contributed by atoms with Crippen LogP contribution in [0.5, 0.6) is 5.75 Å². The van der Waals surface area contributed by atoms with Crippen LogP contribution in [0.4, 0.5) is 0 Å². The number of nitrogens with zero attached hydrogens (tertiary/aromatic N) is 1. The number of hydrogen-bond donors (Lipinski definition) is 1. The van der Waals surface area contributed by atoms with Crippen LogP contribution in [-0.2, 0) is 6.42 Å². The van der Waals surface area contributed by atoms with E-state index in [9.17, 15) is 0 Å². The van der Waals surface area contributed by atoms with Crippen LogP contribution < -0.4 is 10.5 Å². The lowest BCUT2D eigenvalue weighted by Gasteiger charge is -2.10. The fraction of sp³-hybridized carbons (Fsp3) is 0.286. The number of nitrogens with two attached hydrogens (primary N) is 1. The highest BCUT2D eigenvalue weighted by Gasteiger charge is 2.05. The molecule has 0 radical (unpaired) electrons. The van der Waals surface area contributed by atoms with Gasteiger partial charge in [0.2, 0.25) is 0 Å². The molecule has 2 rings (SSSR count). The molecule has 2 N–H and O–H groups in total. The van der Waals surface area contributed by atoms with E-state index in [1.807, 2.05) is 37.6 Å². The summed E-state index contributed by atoms with van der Waals surface area (Å²) in [5.74, 6) is 0.877. The molecule has 5 heteroatoms. The summed E-state index contributed by atoms with van der Waals surface area (Å²) in [7, 11) is 0. The highest BCUT2D eigenvalue weighted by molar-refractivity contribution is 7.80. The Morgan fingerprint density at radius 3 is 2.79 bits per heavy atom. The molecule has 0 saturated heterocycles. The first-order chi connectivity index (χ1) is 9.08. The lowest BCUT2D eigenvalue weighted by Crippen LogP contribution is -2.10. The average molecular weight is 292 g/mol. The molecule has 100 valence electrons. The molecule has 3 nitrogen and oxygen atoms in total. The van der Waals surface area contributed by atoms with Gasteiger partial charge in [-0.05, 0) is 37.6 Å². The van der Waals surface area contributed by atoms with Crippen LogP contribution in [0.3, 0.4) is 0 Å². The van der Waals surface area contributed by atoms with Gasteiger partial charge in [0.05, 0.1) is 17.8 Å². The van der Waals surface area contributed by atoms with E-state index in [0.717, 1.165) is 29.0 Å². The summed E-state index contributed by atoms with van der Waals surface area (Å²) >= 11 is 6.62. The Morgan fingerprint density at radius 2 is 2.21 bits per heavy atom. The van der Waals surface area contributed by atoms with Crippen LogP contribution in [0.2, 0.25) is 0 Å². The number of rotatable bonds is 5. The largest absolute Gasteiger partial charge is 0.493 e. The van der Waals surface area contributed by atoms with Crippen molar-refractivity contribution in [2.45, 2.75) is 20.3 Å². The molecule has 0 fully saturated rings. The van der Waals surface area contributed by atoms with E-state index < -0.39 is 0 Å². The maximum Gasteiger partial charge on any atom is 0.122 e. The smallest absolute Gasteiger partial charge is 0.122 e. The molecule has 0 saturated carbocycles. The van der Waals surface area contributed by atoms with Gasteiger partial charge in [-0.15, -0.1) is 11.3 Å². The van der Waals surface area contributed by atoms with Crippen LogP contribution in [-0.4, -0.2) is 16.6 Å². The highest BCUT2D eigenvalue weighted by Crippen LogP contribution is 2.20. The molecule has 1 heterocycles. The molecule has 0 atom stereocenters. The monoisotopic (exact) mass is 292 g/mol. The summed E-state index contributed by atoms with van der Waals surface area (Å²) in [6.07, 6.45) is 0.882. The van der Waals surface area contributed by atoms with Gasteiger partial charge in [-0.25, -0.2) is 4.98 Å². The lowest BCUT2D eigenvalue weighted by molar-refractivity contribution is 0.320. The second kappa shape index (κ2) is 6.12. The number of aryl methyl sites for hydroxylation is 2. The van der Waals surface area contributed by atoms with Gasteiger partial charge in [-0.3, -0.25) is 0 Å². The second-order valence-electron chi connectivity index (χ2n) is 4.30. The second-order valence-corrected chi connectivity index (χ2v) is 5.68. The van der Waals surface area contributed by atoms with Crippen molar-refractivity contribution >= 4 is 28.5 Å². The quantitative estimate of drug-likeness (QED) is 0.861. The average Bonchev–Trinajstić information content (AvgIpc) is 2.77. The van der Waals surface area contributed by atoms with Crippen molar-refractivity contribution in [3.8, 4) is 5.75 Å². The maximum absolute atomic E-state index is 5.79. The summed E-state index contributed by atoms with van der Waals surface area (Å²) in [6.45, 7) is 4.67. The van der Waals surface area contributed by atoms with Crippen LogP contribution >= 0.6 is 23.6 Å². The van der Waals surface area contributed by atoms with E-state index in [2.05, 4.69) is 4.98 Å². The molecular formula is C14H16N2OS2. The number of aromatic nitrogens is 1. The molecular weight excluding hydrogens is 276 g/mol. The van der Waals surface area contributed by atoms with E-state index in [1.54, 1.807) is 11.3 Å². The van der Waals surface area contributed by atoms with Gasteiger partial charge >= 0.3 is 0 Å². The van der Waals surface area contributed by atoms with Gasteiger partial charge in [0.15, 0.2) is 0 Å². The Labute approximate surface area is 122 Å². The van der Waals surface area contributed by atoms with Crippen LogP contribution in [0.25, 0.3) is 0 Å². The van der Waals surface area contributed by atoms with E-state index in [1.165, 1.54) is 4.88 Å². The van der Waals surface area contributed by atoms with E-state index in [4.69, 9.17) is 22.7 Å². The van der Waals surface area contributed by atoms with Crippen LogP contribution in [0, 0.1) is 13.8 Å². The maximum atomic E-state index is 5.79. The van der Waals surface area contributed by atoms with Crippen molar-refractivity contribution in [3.05, 3.63) is 45.4 Å². The van der Waals surface area contributed by atoms with Crippen molar-refractivity contribution in [2.75, 3.05) is 6.61 Å².